The van der Waals surface area contributed by atoms with Crippen molar-refractivity contribution in [3.63, 3.8) is 0 Å². The molecule has 2 atom stereocenters. The number of imidazole rings is 1. The average molecular weight is 616 g/mol. The van der Waals surface area contributed by atoms with Gasteiger partial charge in [-0.2, -0.15) is 9.36 Å². The summed E-state index contributed by atoms with van der Waals surface area (Å²) in [6.07, 6.45) is 3.32. The van der Waals surface area contributed by atoms with Gasteiger partial charge in [0.15, 0.2) is 5.13 Å². The maximum atomic E-state index is 13.2. The van der Waals surface area contributed by atoms with E-state index < -0.39 is 29.2 Å². The quantitative estimate of drug-likeness (QED) is 0.110. The number of carbonyl (C=O) groups is 4. The third-order valence-electron chi connectivity index (χ3n) is 6.51. The van der Waals surface area contributed by atoms with Crippen LogP contribution in [0, 0.1) is 0 Å². The first-order chi connectivity index (χ1) is 20.1. The van der Waals surface area contributed by atoms with E-state index in [4.69, 9.17) is 10.6 Å². The van der Waals surface area contributed by atoms with Gasteiger partial charge in [-0.3, -0.25) is 23.9 Å². The number of nitrogens with zero attached hydrogens (tertiary/aromatic N) is 8. The maximum absolute atomic E-state index is 13.2. The summed E-state index contributed by atoms with van der Waals surface area (Å²) >= 11 is 2.20. The molecule has 2 aliphatic heterocycles. The Labute approximate surface area is 247 Å². The number of nitrogens with one attached hydrogen (secondary N) is 1. The zero-order chi connectivity index (χ0) is 30.1. The molecule has 16 nitrogen and oxygen atoms in total. The molecule has 3 amide bonds. The molecule has 0 radical (unpaired) electrons. The number of likely N-dealkylation sites (N-methyl/N-ethyl adjacent to an activating group) is 1. The Morgan fingerprint density at radius 3 is 2.81 bits per heavy atom. The highest BCUT2D eigenvalue weighted by Crippen LogP contribution is 2.40. The van der Waals surface area contributed by atoms with E-state index in [1.54, 1.807) is 48.7 Å². The zero-order valence-electron chi connectivity index (χ0n) is 22.8. The number of aromatic nitrogens is 5. The molecule has 0 bridgehead atoms. The van der Waals surface area contributed by atoms with E-state index >= 15 is 0 Å². The third kappa shape index (κ3) is 5.37. The number of carboxylic acid groups (broad SMARTS) is 1. The molecule has 0 spiro atoms. The second-order valence-electron chi connectivity index (χ2n) is 9.44. The van der Waals surface area contributed by atoms with Crippen molar-refractivity contribution in [2.24, 2.45) is 5.16 Å². The van der Waals surface area contributed by atoms with Crippen molar-refractivity contribution in [2.75, 3.05) is 32.2 Å². The molecule has 3 aromatic heterocycles. The Morgan fingerprint density at radius 1 is 1.36 bits per heavy atom. The van der Waals surface area contributed by atoms with Crippen molar-refractivity contribution in [1.29, 1.82) is 0 Å². The van der Waals surface area contributed by atoms with Gasteiger partial charge >= 0.3 is 11.6 Å². The minimum atomic E-state index is -1.26. The Kier molecular flexibility index (Phi) is 8.08. The number of carboxylic acids is 1. The molecule has 2 unspecified atom stereocenters. The van der Waals surface area contributed by atoms with Crippen molar-refractivity contribution in [1.82, 2.24) is 34.0 Å². The number of rotatable bonds is 10. The van der Waals surface area contributed by atoms with E-state index in [-0.39, 0.29) is 53.7 Å². The highest BCUT2D eigenvalue weighted by molar-refractivity contribution is 8.00. The van der Waals surface area contributed by atoms with Crippen LogP contribution in [0.4, 0.5) is 5.13 Å². The van der Waals surface area contributed by atoms with Crippen LogP contribution in [0.5, 0.6) is 0 Å². The lowest BCUT2D eigenvalue weighted by molar-refractivity contribution is -0.664. The summed E-state index contributed by atoms with van der Waals surface area (Å²) in [5.41, 5.74) is 7.01. The summed E-state index contributed by atoms with van der Waals surface area (Å²) in [5, 5.41) is 16.0. The van der Waals surface area contributed by atoms with E-state index in [0.717, 1.165) is 11.5 Å². The second-order valence-corrected chi connectivity index (χ2v) is 11.3. The summed E-state index contributed by atoms with van der Waals surface area (Å²) in [6.45, 7) is 2.12. The number of hydrogen-bond donors (Lipinski definition) is 3. The number of carbonyl (C=O) groups excluding carboxylic acids is 3. The number of thioether (sulfide) groups is 1. The summed E-state index contributed by atoms with van der Waals surface area (Å²) in [7, 11) is 3.34. The van der Waals surface area contributed by atoms with Crippen LogP contribution in [0.1, 0.15) is 12.7 Å². The topological polar surface area (TPSA) is 202 Å². The fourth-order valence-electron chi connectivity index (χ4n) is 4.49. The minimum Gasteiger partial charge on any atom is -0.477 e. The molecule has 0 saturated carbocycles. The van der Waals surface area contributed by atoms with Gasteiger partial charge in [0.1, 0.15) is 42.3 Å². The Hall–Kier alpha value is -4.58. The summed E-state index contributed by atoms with van der Waals surface area (Å²) in [4.78, 5) is 67.0. The van der Waals surface area contributed by atoms with Gasteiger partial charge in [0.25, 0.3) is 11.8 Å². The van der Waals surface area contributed by atoms with Gasteiger partial charge < -0.3 is 25.9 Å². The SMILES string of the molecule is CCO/N=C(\C(=O)NC1C(=O)N2C(C(=O)O)=C(C[n+]3cccc4c3ncn4CC(=O)N(C)C)CSC12)c1nsc(N)n1. The highest BCUT2D eigenvalue weighted by atomic mass is 32.2. The first kappa shape index (κ1) is 28.9. The molecule has 4 N–H and O–H groups in total. The standard InChI is InChI=1S/C24H26N10O6S2/c1-4-40-29-15(18-28-24(25)42-30-18)20(36)27-16-21(37)34-17(23(38)39)12(10-41-22(16)34)8-32-7-5-6-13-19(32)26-11-33(13)9-14(35)31(2)3/h5-7,11,16,22H,4,8-10H2,1-3H3,(H3-,25,27,28,30,36,38,39)/p+1/b29-15-. The molecular formula is C24H27N10O6S2+. The number of nitrogens with two attached hydrogens (primary N) is 1. The highest BCUT2D eigenvalue weighted by Gasteiger charge is 2.54. The third-order valence-corrected chi connectivity index (χ3v) is 8.39. The normalized spacial score (nSPS) is 18.5. The van der Waals surface area contributed by atoms with Gasteiger partial charge in [0.05, 0.1) is 6.20 Å². The van der Waals surface area contributed by atoms with Crippen LogP contribution in [-0.4, -0.2) is 101 Å². The van der Waals surface area contributed by atoms with Crippen molar-refractivity contribution in [3.8, 4) is 0 Å². The molecule has 18 heteroatoms. The van der Waals surface area contributed by atoms with Gasteiger partial charge in [-0.25, -0.2) is 9.36 Å². The van der Waals surface area contributed by atoms with E-state index in [0.29, 0.717) is 16.7 Å². The van der Waals surface area contributed by atoms with Gasteiger partial charge in [-0.05, 0) is 24.0 Å². The molecule has 5 heterocycles. The van der Waals surface area contributed by atoms with Crippen molar-refractivity contribution < 1.29 is 33.7 Å². The van der Waals surface area contributed by atoms with Gasteiger partial charge in [0.2, 0.25) is 23.8 Å². The van der Waals surface area contributed by atoms with Crippen molar-refractivity contribution >= 4 is 69.0 Å². The van der Waals surface area contributed by atoms with Crippen molar-refractivity contribution in [3.05, 3.63) is 41.8 Å². The number of anilines is 1. The lowest BCUT2D eigenvalue weighted by atomic mass is 10.0. The predicted molar refractivity (Wildman–Crippen MR) is 151 cm³/mol. The lowest BCUT2D eigenvalue weighted by Gasteiger charge is -2.49. The van der Waals surface area contributed by atoms with Crippen LogP contribution < -0.4 is 15.6 Å². The minimum absolute atomic E-state index is 0.0449. The Morgan fingerprint density at radius 2 is 2.14 bits per heavy atom. The van der Waals surface area contributed by atoms with E-state index in [1.807, 2.05) is 6.07 Å². The van der Waals surface area contributed by atoms with Gasteiger partial charge in [0, 0.05) is 37.0 Å². The van der Waals surface area contributed by atoms with Gasteiger partial charge in [-0.15, -0.1) is 11.8 Å². The summed E-state index contributed by atoms with van der Waals surface area (Å²) in [5.74, 6) is -2.45. The maximum Gasteiger partial charge on any atom is 0.352 e. The molecule has 0 aliphatic carbocycles. The van der Waals surface area contributed by atoms with E-state index in [9.17, 15) is 24.3 Å². The number of amides is 3. The average Bonchev–Trinajstić information content (AvgIpc) is 3.58. The fourth-order valence-corrected chi connectivity index (χ4v) is 6.26. The first-order valence-corrected chi connectivity index (χ1v) is 14.5. The van der Waals surface area contributed by atoms with Crippen LogP contribution in [0.2, 0.25) is 0 Å². The smallest absolute Gasteiger partial charge is 0.352 e. The largest absolute Gasteiger partial charge is 0.477 e. The first-order valence-electron chi connectivity index (χ1n) is 12.6. The number of β-lactam (4-membered cyclic amide) rings is 1. The molecule has 5 rings (SSSR count). The summed E-state index contributed by atoms with van der Waals surface area (Å²) < 4.78 is 7.49. The molecule has 0 aromatic carbocycles. The number of nitrogen functional groups attached to an aromatic ring is 1. The van der Waals surface area contributed by atoms with Crippen molar-refractivity contribution in [2.45, 2.75) is 31.4 Å². The zero-order valence-corrected chi connectivity index (χ0v) is 24.4. The fraction of sp³-hybridized carbons (Fsp3) is 0.375. The Balaban J connectivity index is 1.37. The monoisotopic (exact) mass is 615 g/mol. The lowest BCUT2D eigenvalue weighted by Crippen LogP contribution is -2.71. The number of aliphatic carboxylic acids is 1. The Bertz CT molecular complexity index is 1650. The number of fused-ring (bicyclic) bond motifs is 2. The molecule has 220 valence electrons. The van der Waals surface area contributed by atoms with Crippen LogP contribution in [-0.2, 0) is 37.1 Å². The molecule has 1 fully saturated rings. The van der Waals surface area contributed by atoms with Crippen LogP contribution in [0.25, 0.3) is 11.2 Å². The number of pyridine rings is 1. The molecule has 2 aliphatic rings. The van der Waals surface area contributed by atoms with Crippen LogP contribution in [0.15, 0.2) is 41.1 Å². The number of oxime groups is 1. The summed E-state index contributed by atoms with van der Waals surface area (Å²) in [6, 6.07) is 2.61. The van der Waals surface area contributed by atoms with Gasteiger partial charge in [-0.1, -0.05) is 5.16 Å². The molecule has 3 aromatic rings. The molecule has 1 saturated heterocycles. The number of hydrogen-bond acceptors (Lipinski definition) is 12. The van der Waals surface area contributed by atoms with Crippen LogP contribution >= 0.6 is 23.3 Å². The molecular weight excluding hydrogens is 588 g/mol. The molecule has 42 heavy (non-hydrogen) atoms. The van der Waals surface area contributed by atoms with E-state index in [2.05, 4.69) is 24.8 Å². The second kappa shape index (κ2) is 11.7. The van der Waals surface area contributed by atoms with Crippen LogP contribution in [0.3, 0.4) is 0 Å². The predicted octanol–water partition coefficient (Wildman–Crippen LogP) is -0.975. The van der Waals surface area contributed by atoms with E-state index in [1.165, 1.54) is 21.6 Å².